The van der Waals surface area contributed by atoms with Gasteiger partial charge in [-0.3, -0.25) is 9.48 Å². The van der Waals surface area contributed by atoms with Gasteiger partial charge in [-0.2, -0.15) is 23.4 Å². The Hall–Kier alpha value is -4.74. The molecule has 1 atom stereocenters. The van der Waals surface area contributed by atoms with Crippen LogP contribution in [0.15, 0.2) is 67.3 Å². The highest BCUT2D eigenvalue weighted by atomic mass is 19.4. The Kier molecular flexibility index (Phi) is 6.09. The number of aryl methyl sites for hydroxylation is 1. The van der Waals surface area contributed by atoms with Gasteiger partial charge in [0, 0.05) is 17.3 Å². The molecule has 3 N–H and O–H groups in total. The van der Waals surface area contributed by atoms with Crippen LogP contribution in [0.5, 0.6) is 0 Å². The van der Waals surface area contributed by atoms with Gasteiger partial charge in [-0.15, -0.1) is 0 Å². The van der Waals surface area contributed by atoms with E-state index in [1.165, 1.54) is 24.4 Å². The fourth-order valence-electron chi connectivity index (χ4n) is 4.22. The Labute approximate surface area is 213 Å². The average molecular weight is 523 g/mol. The normalized spacial score (nSPS) is 12.6. The van der Waals surface area contributed by atoms with Crippen molar-refractivity contribution in [3.8, 4) is 11.3 Å². The molecule has 5 aromatic rings. The Morgan fingerprint density at radius 1 is 1.08 bits per heavy atom. The average Bonchev–Trinajstić information content (AvgIpc) is 3.50. The summed E-state index contributed by atoms with van der Waals surface area (Å²) in [5.41, 5.74) is 6.98. The number of carbonyl (C=O) groups is 1. The minimum absolute atomic E-state index is 0.108. The molecule has 0 aliphatic heterocycles. The largest absolute Gasteiger partial charge is 0.418 e. The number of anilines is 2. The standard InChI is InChI=1S/C26H21F4N7O/c1-14-3-4-17(22-10-21(26(28,29)30)23-24(31)32-13-34-37(22)23)9-20(14)25(38)35-19-11-33-36(12-19)15(2)16-5-7-18(27)8-6-16/h3-13,15H,1-2H3,(H,35,38)(H2,31,32,34). The lowest BCUT2D eigenvalue weighted by atomic mass is 10.0. The molecule has 38 heavy (non-hydrogen) atoms. The summed E-state index contributed by atoms with van der Waals surface area (Å²) in [6, 6.07) is 11.5. The van der Waals surface area contributed by atoms with E-state index in [1.54, 1.807) is 42.1 Å². The first-order valence-corrected chi connectivity index (χ1v) is 11.4. The Morgan fingerprint density at radius 3 is 2.53 bits per heavy atom. The number of hydrogen-bond donors (Lipinski definition) is 2. The fraction of sp³-hybridized carbons (Fsp3) is 0.154. The third kappa shape index (κ3) is 4.56. The van der Waals surface area contributed by atoms with Crippen molar-refractivity contribution in [3.05, 3.63) is 95.3 Å². The molecule has 194 valence electrons. The summed E-state index contributed by atoms with van der Waals surface area (Å²) in [6.45, 7) is 3.60. The molecular formula is C26H21F4N7O. The SMILES string of the molecule is Cc1ccc(-c2cc(C(F)(F)F)c3c(N)ncnn23)cc1C(=O)Nc1cnn(C(C)c2ccc(F)cc2)c1. The van der Waals surface area contributed by atoms with Gasteiger partial charge < -0.3 is 11.1 Å². The Bertz CT molecular complexity index is 1650. The number of rotatable bonds is 5. The molecule has 0 saturated heterocycles. The molecule has 0 aliphatic carbocycles. The maximum Gasteiger partial charge on any atom is 0.418 e. The molecule has 1 amide bonds. The summed E-state index contributed by atoms with van der Waals surface area (Å²) in [6.07, 6.45) is -0.495. The lowest BCUT2D eigenvalue weighted by molar-refractivity contribution is -0.136. The van der Waals surface area contributed by atoms with Gasteiger partial charge in [0.2, 0.25) is 0 Å². The molecule has 0 bridgehead atoms. The monoisotopic (exact) mass is 523 g/mol. The van der Waals surface area contributed by atoms with Crippen LogP contribution in [0.1, 0.15) is 40.0 Å². The van der Waals surface area contributed by atoms with E-state index in [0.717, 1.165) is 22.5 Å². The molecule has 12 heteroatoms. The van der Waals surface area contributed by atoms with E-state index >= 15 is 0 Å². The Balaban J connectivity index is 1.45. The first kappa shape index (κ1) is 24.9. The molecular weight excluding hydrogens is 502 g/mol. The van der Waals surface area contributed by atoms with Gasteiger partial charge in [0.25, 0.3) is 5.91 Å². The smallest absolute Gasteiger partial charge is 0.382 e. The van der Waals surface area contributed by atoms with Gasteiger partial charge in [0.05, 0.1) is 29.2 Å². The first-order chi connectivity index (χ1) is 18.0. The number of nitrogens with two attached hydrogens (primary N) is 1. The molecule has 0 radical (unpaired) electrons. The van der Waals surface area contributed by atoms with Crippen LogP contribution in [0.25, 0.3) is 16.8 Å². The number of halogens is 4. The summed E-state index contributed by atoms with van der Waals surface area (Å²) in [7, 11) is 0. The predicted octanol–water partition coefficient (Wildman–Crippen LogP) is 5.50. The molecule has 3 aromatic heterocycles. The number of benzene rings is 2. The molecule has 2 aromatic carbocycles. The van der Waals surface area contributed by atoms with Crippen molar-refractivity contribution in [2.75, 3.05) is 11.1 Å². The molecule has 8 nitrogen and oxygen atoms in total. The Morgan fingerprint density at radius 2 is 1.82 bits per heavy atom. The van der Waals surface area contributed by atoms with Crippen molar-refractivity contribution in [2.45, 2.75) is 26.1 Å². The maximum absolute atomic E-state index is 13.7. The highest BCUT2D eigenvalue weighted by Gasteiger charge is 2.36. The van der Waals surface area contributed by atoms with Crippen molar-refractivity contribution in [1.82, 2.24) is 24.4 Å². The number of nitrogens with one attached hydrogen (secondary N) is 1. The lowest BCUT2D eigenvalue weighted by Crippen LogP contribution is -2.13. The van der Waals surface area contributed by atoms with Gasteiger partial charge in [-0.1, -0.05) is 24.3 Å². The van der Waals surface area contributed by atoms with Crippen molar-refractivity contribution in [1.29, 1.82) is 0 Å². The molecule has 3 heterocycles. The molecule has 1 unspecified atom stereocenters. The summed E-state index contributed by atoms with van der Waals surface area (Å²) in [5.74, 6) is -1.12. The predicted molar refractivity (Wildman–Crippen MR) is 133 cm³/mol. The number of amides is 1. The number of hydrogen-bond acceptors (Lipinski definition) is 5. The van der Waals surface area contributed by atoms with Crippen molar-refractivity contribution < 1.29 is 22.4 Å². The number of carbonyl (C=O) groups excluding carboxylic acids is 1. The van der Waals surface area contributed by atoms with Crippen LogP contribution in [0.3, 0.4) is 0 Å². The van der Waals surface area contributed by atoms with Crippen LogP contribution in [-0.4, -0.2) is 30.3 Å². The zero-order valence-corrected chi connectivity index (χ0v) is 20.2. The van der Waals surface area contributed by atoms with Crippen LogP contribution in [0.2, 0.25) is 0 Å². The number of nitrogen functional groups attached to an aromatic ring is 1. The van der Waals surface area contributed by atoms with Crippen LogP contribution < -0.4 is 11.1 Å². The summed E-state index contributed by atoms with van der Waals surface area (Å²) >= 11 is 0. The lowest BCUT2D eigenvalue weighted by Gasteiger charge is -2.12. The summed E-state index contributed by atoms with van der Waals surface area (Å²) in [5, 5.41) is 11.0. The van der Waals surface area contributed by atoms with Gasteiger partial charge in [0.1, 0.15) is 17.7 Å². The van der Waals surface area contributed by atoms with E-state index in [1.807, 2.05) is 6.92 Å². The number of alkyl halides is 3. The van der Waals surface area contributed by atoms with E-state index in [-0.39, 0.29) is 34.5 Å². The summed E-state index contributed by atoms with van der Waals surface area (Å²) < 4.78 is 57.1. The van der Waals surface area contributed by atoms with E-state index < -0.39 is 17.6 Å². The summed E-state index contributed by atoms with van der Waals surface area (Å²) in [4.78, 5) is 16.9. The van der Waals surface area contributed by atoms with Crippen LogP contribution in [0, 0.1) is 12.7 Å². The number of nitrogens with zero attached hydrogens (tertiary/aromatic N) is 5. The minimum atomic E-state index is -4.68. The van der Waals surface area contributed by atoms with Crippen LogP contribution >= 0.6 is 0 Å². The third-order valence-corrected chi connectivity index (χ3v) is 6.27. The second-order valence-electron chi connectivity index (χ2n) is 8.77. The van der Waals surface area contributed by atoms with Gasteiger partial charge >= 0.3 is 6.18 Å². The fourth-order valence-corrected chi connectivity index (χ4v) is 4.22. The maximum atomic E-state index is 13.7. The van der Waals surface area contributed by atoms with E-state index in [9.17, 15) is 22.4 Å². The van der Waals surface area contributed by atoms with E-state index in [2.05, 4.69) is 20.5 Å². The van der Waals surface area contributed by atoms with Crippen LogP contribution in [-0.2, 0) is 6.18 Å². The minimum Gasteiger partial charge on any atom is -0.382 e. The molecule has 0 aliphatic rings. The molecule has 0 fully saturated rings. The zero-order valence-electron chi connectivity index (χ0n) is 20.2. The van der Waals surface area contributed by atoms with Crippen molar-refractivity contribution >= 4 is 22.9 Å². The second-order valence-corrected chi connectivity index (χ2v) is 8.77. The third-order valence-electron chi connectivity index (χ3n) is 6.27. The highest BCUT2D eigenvalue weighted by molar-refractivity contribution is 6.06. The molecule has 0 spiro atoms. The quantitative estimate of drug-likeness (QED) is 0.296. The second kappa shape index (κ2) is 9.29. The first-order valence-electron chi connectivity index (χ1n) is 11.4. The topological polar surface area (TPSA) is 103 Å². The van der Waals surface area contributed by atoms with Crippen LogP contribution in [0.4, 0.5) is 29.1 Å². The number of fused-ring (bicyclic) bond motifs is 1. The van der Waals surface area contributed by atoms with Crippen molar-refractivity contribution in [3.63, 3.8) is 0 Å². The van der Waals surface area contributed by atoms with Gasteiger partial charge in [-0.25, -0.2) is 13.9 Å². The van der Waals surface area contributed by atoms with Crippen molar-refractivity contribution in [2.24, 2.45) is 0 Å². The van der Waals surface area contributed by atoms with E-state index in [0.29, 0.717) is 16.8 Å². The van der Waals surface area contributed by atoms with Gasteiger partial charge in [-0.05, 0) is 49.2 Å². The van der Waals surface area contributed by atoms with Gasteiger partial charge in [0.15, 0.2) is 5.82 Å². The zero-order chi connectivity index (χ0) is 27.2. The molecule has 5 rings (SSSR count). The number of aromatic nitrogens is 5. The highest BCUT2D eigenvalue weighted by Crippen LogP contribution is 2.38. The molecule has 0 saturated carbocycles. The van der Waals surface area contributed by atoms with E-state index in [4.69, 9.17) is 5.73 Å².